The molecule has 4 heteroatoms. The lowest BCUT2D eigenvalue weighted by Gasteiger charge is -2.09. The highest BCUT2D eigenvalue weighted by Gasteiger charge is 2.23. The maximum Gasteiger partial charge on any atom is 0.180 e. The molecule has 1 fully saturated rings. The zero-order valence-corrected chi connectivity index (χ0v) is 9.53. The summed E-state index contributed by atoms with van der Waals surface area (Å²) < 4.78 is 10.3. The van der Waals surface area contributed by atoms with Crippen molar-refractivity contribution in [3.63, 3.8) is 0 Å². The van der Waals surface area contributed by atoms with Crippen LogP contribution in [0.15, 0.2) is 18.2 Å². The molecular formula is C12H15NO3. The molecule has 1 aliphatic heterocycles. The molecule has 0 atom stereocenters. The van der Waals surface area contributed by atoms with Gasteiger partial charge in [0.05, 0.1) is 26.3 Å². The van der Waals surface area contributed by atoms with Gasteiger partial charge in [-0.05, 0) is 18.2 Å². The summed E-state index contributed by atoms with van der Waals surface area (Å²) in [7, 11) is 3.15. The summed E-state index contributed by atoms with van der Waals surface area (Å²) in [4.78, 5) is 14.0. The van der Waals surface area contributed by atoms with E-state index in [2.05, 4.69) is 4.90 Å². The van der Waals surface area contributed by atoms with E-state index in [1.807, 2.05) is 0 Å². The molecule has 0 spiro atoms. The van der Waals surface area contributed by atoms with Crippen molar-refractivity contribution in [1.29, 1.82) is 0 Å². The first-order valence-electron chi connectivity index (χ1n) is 5.22. The number of methoxy groups -OCH3 is 2. The third-order valence-corrected chi connectivity index (χ3v) is 2.61. The lowest BCUT2D eigenvalue weighted by atomic mass is 10.1. The van der Waals surface area contributed by atoms with Gasteiger partial charge in [0, 0.05) is 13.1 Å². The Balaban J connectivity index is 2.23. The van der Waals surface area contributed by atoms with Crippen molar-refractivity contribution in [3.8, 4) is 11.5 Å². The van der Waals surface area contributed by atoms with Crippen LogP contribution in [0.1, 0.15) is 10.4 Å². The average Bonchev–Trinajstić information content (AvgIpc) is 3.12. The first kappa shape index (κ1) is 11.0. The van der Waals surface area contributed by atoms with E-state index in [4.69, 9.17) is 9.47 Å². The van der Waals surface area contributed by atoms with Crippen LogP contribution in [0.3, 0.4) is 0 Å². The van der Waals surface area contributed by atoms with Crippen LogP contribution in [0, 0.1) is 0 Å². The van der Waals surface area contributed by atoms with Crippen molar-refractivity contribution in [2.24, 2.45) is 0 Å². The molecule has 0 aliphatic carbocycles. The number of benzene rings is 1. The molecule has 0 amide bonds. The molecule has 2 rings (SSSR count). The minimum atomic E-state index is 0.0771. The maximum absolute atomic E-state index is 12.0. The van der Waals surface area contributed by atoms with Gasteiger partial charge >= 0.3 is 0 Å². The van der Waals surface area contributed by atoms with Gasteiger partial charge < -0.3 is 9.47 Å². The summed E-state index contributed by atoms with van der Waals surface area (Å²) in [5.41, 5.74) is 0.591. The second kappa shape index (κ2) is 4.53. The second-order valence-corrected chi connectivity index (χ2v) is 3.77. The molecular weight excluding hydrogens is 206 g/mol. The summed E-state index contributed by atoms with van der Waals surface area (Å²) >= 11 is 0. The number of nitrogens with zero attached hydrogens (tertiary/aromatic N) is 1. The van der Waals surface area contributed by atoms with Crippen molar-refractivity contribution in [2.45, 2.75) is 0 Å². The van der Waals surface area contributed by atoms with Crippen LogP contribution in [0.25, 0.3) is 0 Å². The number of Topliss-reactive ketones (excluding diaryl/α,β-unsaturated/α-hetero) is 1. The first-order chi connectivity index (χ1) is 7.74. The highest BCUT2D eigenvalue weighted by Crippen LogP contribution is 2.25. The third-order valence-electron chi connectivity index (χ3n) is 2.61. The number of hydrogen-bond donors (Lipinski definition) is 0. The Labute approximate surface area is 94.8 Å². The molecule has 0 bridgehead atoms. The fraction of sp³-hybridized carbons (Fsp3) is 0.417. The van der Waals surface area contributed by atoms with E-state index in [0.717, 1.165) is 13.1 Å². The standard InChI is InChI=1S/C12H15NO3/c1-15-9-3-4-12(16-2)10(7-9)11(14)8-13-5-6-13/h3-4,7H,5-6,8H2,1-2H3. The van der Waals surface area contributed by atoms with Crippen LogP contribution in [0.2, 0.25) is 0 Å². The van der Waals surface area contributed by atoms with Crippen LogP contribution in [0.4, 0.5) is 0 Å². The number of ketones is 1. The predicted molar refractivity (Wildman–Crippen MR) is 60.3 cm³/mol. The third kappa shape index (κ3) is 2.33. The van der Waals surface area contributed by atoms with E-state index in [1.54, 1.807) is 32.4 Å². The molecule has 1 aromatic carbocycles. The van der Waals surface area contributed by atoms with Gasteiger partial charge in [-0.3, -0.25) is 9.69 Å². The summed E-state index contributed by atoms with van der Waals surface area (Å²) in [5.74, 6) is 1.36. The molecule has 16 heavy (non-hydrogen) atoms. The largest absolute Gasteiger partial charge is 0.497 e. The normalized spacial score (nSPS) is 14.6. The Kier molecular flexibility index (Phi) is 3.10. The van der Waals surface area contributed by atoms with Crippen molar-refractivity contribution in [1.82, 2.24) is 4.90 Å². The van der Waals surface area contributed by atoms with E-state index in [0.29, 0.717) is 23.6 Å². The Bertz CT molecular complexity index is 399. The Hall–Kier alpha value is -1.55. The van der Waals surface area contributed by atoms with Gasteiger partial charge in [-0.1, -0.05) is 0 Å². The van der Waals surface area contributed by atoms with Gasteiger partial charge in [-0.15, -0.1) is 0 Å². The van der Waals surface area contributed by atoms with Crippen LogP contribution in [-0.2, 0) is 0 Å². The molecule has 4 nitrogen and oxygen atoms in total. The molecule has 1 aliphatic rings. The molecule has 1 aromatic rings. The van der Waals surface area contributed by atoms with Crippen LogP contribution in [-0.4, -0.2) is 44.5 Å². The zero-order valence-electron chi connectivity index (χ0n) is 9.53. The van der Waals surface area contributed by atoms with E-state index in [-0.39, 0.29) is 5.78 Å². The number of rotatable bonds is 5. The van der Waals surface area contributed by atoms with Crippen LogP contribution in [0.5, 0.6) is 11.5 Å². The topological polar surface area (TPSA) is 38.5 Å². The molecule has 0 saturated carbocycles. The Morgan fingerprint density at radius 3 is 2.62 bits per heavy atom. The Morgan fingerprint density at radius 2 is 2.06 bits per heavy atom. The molecule has 0 radical (unpaired) electrons. The maximum atomic E-state index is 12.0. The molecule has 1 heterocycles. The Morgan fingerprint density at radius 1 is 1.31 bits per heavy atom. The quantitative estimate of drug-likeness (QED) is 0.553. The number of carbonyl (C=O) groups is 1. The van der Waals surface area contributed by atoms with E-state index in [9.17, 15) is 4.79 Å². The van der Waals surface area contributed by atoms with E-state index < -0.39 is 0 Å². The van der Waals surface area contributed by atoms with Crippen molar-refractivity contribution in [3.05, 3.63) is 23.8 Å². The van der Waals surface area contributed by atoms with Gasteiger partial charge in [0.25, 0.3) is 0 Å². The highest BCUT2D eigenvalue weighted by atomic mass is 16.5. The van der Waals surface area contributed by atoms with Gasteiger partial charge in [0.15, 0.2) is 5.78 Å². The minimum absolute atomic E-state index is 0.0771. The SMILES string of the molecule is COc1ccc(OC)c(C(=O)CN2CC2)c1. The lowest BCUT2D eigenvalue weighted by molar-refractivity contribution is 0.0971. The minimum Gasteiger partial charge on any atom is -0.497 e. The summed E-state index contributed by atoms with van der Waals surface area (Å²) in [5, 5.41) is 0. The second-order valence-electron chi connectivity index (χ2n) is 3.77. The van der Waals surface area contributed by atoms with Crippen LogP contribution < -0.4 is 9.47 Å². The lowest BCUT2D eigenvalue weighted by Crippen LogP contribution is -2.14. The number of ether oxygens (including phenoxy) is 2. The first-order valence-corrected chi connectivity index (χ1v) is 5.22. The van der Waals surface area contributed by atoms with Crippen molar-refractivity contribution >= 4 is 5.78 Å². The number of carbonyl (C=O) groups excluding carboxylic acids is 1. The summed E-state index contributed by atoms with van der Waals surface area (Å²) in [6.45, 7) is 2.49. The monoisotopic (exact) mass is 221 g/mol. The van der Waals surface area contributed by atoms with E-state index >= 15 is 0 Å². The highest BCUT2D eigenvalue weighted by molar-refractivity contribution is 6.00. The van der Waals surface area contributed by atoms with Gasteiger partial charge in [-0.2, -0.15) is 0 Å². The fourth-order valence-corrected chi connectivity index (χ4v) is 1.55. The fourth-order valence-electron chi connectivity index (χ4n) is 1.55. The van der Waals surface area contributed by atoms with Gasteiger partial charge in [0.1, 0.15) is 11.5 Å². The average molecular weight is 221 g/mol. The van der Waals surface area contributed by atoms with Gasteiger partial charge in [0.2, 0.25) is 0 Å². The number of hydrogen-bond acceptors (Lipinski definition) is 4. The molecule has 86 valence electrons. The molecule has 0 N–H and O–H groups in total. The van der Waals surface area contributed by atoms with Gasteiger partial charge in [-0.25, -0.2) is 0 Å². The molecule has 1 saturated heterocycles. The molecule has 0 unspecified atom stereocenters. The van der Waals surface area contributed by atoms with Crippen molar-refractivity contribution < 1.29 is 14.3 Å². The molecule has 0 aromatic heterocycles. The summed E-state index contributed by atoms with van der Waals surface area (Å²) in [6, 6.07) is 5.27. The van der Waals surface area contributed by atoms with Crippen molar-refractivity contribution in [2.75, 3.05) is 33.9 Å². The smallest absolute Gasteiger partial charge is 0.180 e. The van der Waals surface area contributed by atoms with E-state index in [1.165, 1.54) is 0 Å². The predicted octanol–water partition coefficient (Wildman–Crippen LogP) is 1.20. The van der Waals surface area contributed by atoms with Crippen LogP contribution >= 0.6 is 0 Å². The summed E-state index contributed by atoms with van der Waals surface area (Å²) in [6.07, 6.45) is 0. The zero-order chi connectivity index (χ0) is 11.5.